The number of aryl methyl sites for hydroxylation is 1. The summed E-state index contributed by atoms with van der Waals surface area (Å²) in [5.41, 5.74) is 4.41. The molecule has 1 aliphatic rings. The quantitative estimate of drug-likeness (QED) is 0.544. The van der Waals surface area contributed by atoms with Crippen LogP contribution in [0, 0.1) is 17.7 Å². The Morgan fingerprint density at radius 2 is 1.92 bits per heavy atom. The largest absolute Gasteiger partial charge is 0.256 e. The molecular weight excluding hydrogens is 356 g/mol. The molecule has 1 aliphatic carbocycles. The van der Waals surface area contributed by atoms with Crippen molar-refractivity contribution in [3.63, 3.8) is 0 Å². The maximum Gasteiger partial charge on any atom is 0.142 e. The predicted molar refractivity (Wildman–Crippen MR) is 103 cm³/mol. The van der Waals surface area contributed by atoms with Crippen LogP contribution in [0.2, 0.25) is 5.02 Å². The SMILES string of the molecule is Fc1cc(-c2ccc(CC[C@H]3CC[C@H](/C=C/Cl)CC3)cn2)ccc1Cl. The number of aromatic nitrogens is 1. The van der Waals surface area contributed by atoms with Gasteiger partial charge in [0, 0.05) is 17.3 Å². The van der Waals surface area contributed by atoms with E-state index in [4.69, 9.17) is 23.2 Å². The van der Waals surface area contributed by atoms with Crippen molar-refractivity contribution in [3.8, 4) is 11.3 Å². The van der Waals surface area contributed by atoms with E-state index in [9.17, 15) is 4.39 Å². The number of allylic oxidation sites excluding steroid dienone is 1. The molecule has 0 spiro atoms. The third kappa shape index (κ3) is 5.05. The fourth-order valence-electron chi connectivity index (χ4n) is 3.54. The molecule has 0 N–H and O–H groups in total. The summed E-state index contributed by atoms with van der Waals surface area (Å²) in [5.74, 6) is 1.05. The van der Waals surface area contributed by atoms with Crippen molar-refractivity contribution in [1.82, 2.24) is 4.98 Å². The van der Waals surface area contributed by atoms with E-state index < -0.39 is 5.82 Å². The zero-order chi connectivity index (χ0) is 17.6. The number of pyridine rings is 1. The summed E-state index contributed by atoms with van der Waals surface area (Å²) >= 11 is 11.4. The normalized spacial score (nSPS) is 20.9. The van der Waals surface area contributed by atoms with Crippen LogP contribution in [0.4, 0.5) is 4.39 Å². The van der Waals surface area contributed by atoms with E-state index in [1.165, 1.54) is 43.7 Å². The Labute approximate surface area is 158 Å². The highest BCUT2D eigenvalue weighted by molar-refractivity contribution is 6.30. The van der Waals surface area contributed by atoms with E-state index in [0.29, 0.717) is 5.92 Å². The second kappa shape index (κ2) is 8.82. The Kier molecular flexibility index (Phi) is 6.50. The summed E-state index contributed by atoms with van der Waals surface area (Å²) in [5, 5.41) is 0.136. The third-order valence-electron chi connectivity index (χ3n) is 5.12. The van der Waals surface area contributed by atoms with Crippen LogP contribution in [0.25, 0.3) is 11.3 Å². The smallest absolute Gasteiger partial charge is 0.142 e. The highest BCUT2D eigenvalue weighted by atomic mass is 35.5. The zero-order valence-electron chi connectivity index (χ0n) is 14.1. The van der Waals surface area contributed by atoms with Gasteiger partial charge in [-0.3, -0.25) is 4.98 Å². The van der Waals surface area contributed by atoms with Gasteiger partial charge < -0.3 is 0 Å². The summed E-state index contributed by atoms with van der Waals surface area (Å²) in [7, 11) is 0. The first-order valence-corrected chi connectivity index (χ1v) is 9.64. The van der Waals surface area contributed by atoms with Crippen LogP contribution < -0.4 is 0 Å². The lowest BCUT2D eigenvalue weighted by molar-refractivity contribution is 0.296. The Hall–Kier alpha value is -1.38. The van der Waals surface area contributed by atoms with Gasteiger partial charge in [0.1, 0.15) is 5.82 Å². The molecule has 1 saturated carbocycles. The Balaban J connectivity index is 1.54. The minimum Gasteiger partial charge on any atom is -0.256 e. The number of hydrogen-bond donors (Lipinski definition) is 0. The molecule has 0 bridgehead atoms. The van der Waals surface area contributed by atoms with Crippen molar-refractivity contribution >= 4 is 23.2 Å². The lowest BCUT2D eigenvalue weighted by atomic mass is 9.80. The maximum atomic E-state index is 13.6. The van der Waals surface area contributed by atoms with Crippen LogP contribution in [-0.4, -0.2) is 4.98 Å². The van der Waals surface area contributed by atoms with Gasteiger partial charge in [-0.2, -0.15) is 0 Å². The van der Waals surface area contributed by atoms with Gasteiger partial charge in [0.05, 0.1) is 10.7 Å². The van der Waals surface area contributed by atoms with Crippen LogP contribution in [0.3, 0.4) is 0 Å². The molecule has 0 amide bonds. The molecule has 0 aliphatic heterocycles. The molecule has 1 heterocycles. The number of nitrogens with zero attached hydrogens (tertiary/aromatic N) is 1. The molecular formula is C21H22Cl2FN. The minimum atomic E-state index is -0.412. The molecule has 3 rings (SSSR count). The number of benzene rings is 1. The van der Waals surface area contributed by atoms with Crippen molar-refractivity contribution in [1.29, 1.82) is 0 Å². The Morgan fingerprint density at radius 1 is 1.12 bits per heavy atom. The van der Waals surface area contributed by atoms with Gasteiger partial charge in [-0.1, -0.05) is 41.4 Å². The highest BCUT2D eigenvalue weighted by Crippen LogP contribution is 2.32. The van der Waals surface area contributed by atoms with E-state index >= 15 is 0 Å². The number of hydrogen-bond acceptors (Lipinski definition) is 1. The predicted octanol–water partition coefficient (Wildman–Crippen LogP) is 7.03. The fourth-order valence-corrected chi connectivity index (χ4v) is 3.86. The van der Waals surface area contributed by atoms with Gasteiger partial charge >= 0.3 is 0 Å². The molecule has 132 valence electrons. The second-order valence-electron chi connectivity index (χ2n) is 6.82. The first-order chi connectivity index (χ1) is 12.2. The molecule has 1 fully saturated rings. The number of rotatable bonds is 5. The van der Waals surface area contributed by atoms with Gasteiger partial charge in [0.15, 0.2) is 0 Å². The average Bonchev–Trinajstić information content (AvgIpc) is 2.64. The molecule has 0 unspecified atom stereocenters. The van der Waals surface area contributed by atoms with Crippen LogP contribution >= 0.6 is 23.2 Å². The van der Waals surface area contributed by atoms with Gasteiger partial charge in [-0.15, -0.1) is 0 Å². The van der Waals surface area contributed by atoms with Crippen LogP contribution in [0.5, 0.6) is 0 Å². The monoisotopic (exact) mass is 377 g/mol. The Morgan fingerprint density at radius 3 is 2.56 bits per heavy atom. The van der Waals surface area contributed by atoms with Gasteiger partial charge in [-0.25, -0.2) is 4.39 Å². The molecule has 1 nitrogen and oxygen atoms in total. The minimum absolute atomic E-state index is 0.136. The van der Waals surface area contributed by atoms with Crippen molar-refractivity contribution in [2.75, 3.05) is 0 Å². The summed E-state index contributed by atoms with van der Waals surface area (Å²) in [6.07, 6.45) is 11.3. The van der Waals surface area contributed by atoms with Gasteiger partial charge in [0.25, 0.3) is 0 Å². The second-order valence-corrected chi connectivity index (χ2v) is 7.48. The molecule has 0 radical (unpaired) electrons. The first-order valence-electron chi connectivity index (χ1n) is 8.83. The highest BCUT2D eigenvalue weighted by Gasteiger charge is 2.19. The van der Waals surface area contributed by atoms with Gasteiger partial charge in [0.2, 0.25) is 0 Å². The molecule has 1 aromatic heterocycles. The molecule has 1 aromatic carbocycles. The summed E-state index contributed by atoms with van der Waals surface area (Å²) < 4.78 is 13.6. The van der Waals surface area contributed by atoms with E-state index in [2.05, 4.69) is 17.1 Å². The van der Waals surface area contributed by atoms with E-state index in [1.54, 1.807) is 17.7 Å². The molecule has 4 heteroatoms. The zero-order valence-corrected chi connectivity index (χ0v) is 15.6. The van der Waals surface area contributed by atoms with E-state index in [-0.39, 0.29) is 5.02 Å². The molecule has 0 atom stereocenters. The Bertz CT molecular complexity index is 719. The van der Waals surface area contributed by atoms with Crippen LogP contribution in [-0.2, 0) is 6.42 Å². The summed E-state index contributed by atoms with van der Waals surface area (Å²) in [6.45, 7) is 0. The van der Waals surface area contributed by atoms with E-state index in [1.807, 2.05) is 12.3 Å². The van der Waals surface area contributed by atoms with E-state index in [0.717, 1.165) is 23.6 Å². The molecule has 2 aromatic rings. The topological polar surface area (TPSA) is 12.9 Å². The third-order valence-corrected chi connectivity index (χ3v) is 5.57. The molecule has 25 heavy (non-hydrogen) atoms. The lowest BCUT2D eigenvalue weighted by Gasteiger charge is -2.26. The summed E-state index contributed by atoms with van der Waals surface area (Å²) in [6, 6.07) is 8.84. The van der Waals surface area contributed by atoms with Crippen LogP contribution in [0.1, 0.15) is 37.7 Å². The van der Waals surface area contributed by atoms with Crippen molar-refractivity contribution in [2.45, 2.75) is 38.5 Å². The fraction of sp³-hybridized carbons (Fsp3) is 0.381. The maximum absolute atomic E-state index is 13.6. The molecule has 0 saturated heterocycles. The number of halogens is 3. The standard InChI is InChI=1S/C21H22Cl2FN/c22-12-11-16-3-1-15(2-4-16)5-6-17-7-10-21(25-14-17)18-8-9-19(23)20(24)13-18/h7-16H,1-6H2/b12-11+/t15-,16-. The lowest BCUT2D eigenvalue weighted by Crippen LogP contribution is -2.13. The van der Waals surface area contributed by atoms with Crippen LogP contribution in [0.15, 0.2) is 48.1 Å². The van der Waals surface area contributed by atoms with Gasteiger partial charge in [-0.05, 0) is 74.1 Å². The van der Waals surface area contributed by atoms with Crippen molar-refractivity contribution in [2.24, 2.45) is 11.8 Å². The van der Waals surface area contributed by atoms with Crippen molar-refractivity contribution < 1.29 is 4.39 Å². The summed E-state index contributed by atoms with van der Waals surface area (Å²) in [4.78, 5) is 4.49. The van der Waals surface area contributed by atoms with Crippen molar-refractivity contribution in [3.05, 3.63) is 64.5 Å². The first kappa shape index (κ1) is 18.4. The average molecular weight is 378 g/mol.